The number of halogens is 2. The van der Waals surface area contributed by atoms with Crippen LogP contribution in [0.4, 0.5) is 14.5 Å². The van der Waals surface area contributed by atoms with Gasteiger partial charge in [0.1, 0.15) is 5.69 Å². The van der Waals surface area contributed by atoms with E-state index >= 15 is 0 Å². The van der Waals surface area contributed by atoms with E-state index in [4.69, 9.17) is 11.0 Å². The largest absolute Gasteiger partial charge is 0.369 e. The maximum Gasteiger partial charge on any atom is 0.150 e. The zero-order valence-electron chi connectivity index (χ0n) is 10.8. The molecule has 0 bridgehead atoms. The summed E-state index contributed by atoms with van der Waals surface area (Å²) in [5, 5.41) is 8.63. The first-order valence-electron chi connectivity index (χ1n) is 5.61. The van der Waals surface area contributed by atoms with E-state index in [-0.39, 0.29) is 16.7 Å². The Morgan fingerprint density at radius 3 is 2.22 bits per heavy atom. The smallest absolute Gasteiger partial charge is 0.150 e. The van der Waals surface area contributed by atoms with Crippen LogP contribution in [0.3, 0.4) is 0 Å². The van der Waals surface area contributed by atoms with E-state index in [9.17, 15) is 8.78 Å². The monoisotopic (exact) mass is 253 g/mol. The fraction of sp³-hybridized carbons (Fsp3) is 0.462. The Balaban J connectivity index is 3.07. The van der Waals surface area contributed by atoms with E-state index in [1.54, 1.807) is 13.1 Å². The highest BCUT2D eigenvalue weighted by Crippen LogP contribution is 2.26. The van der Waals surface area contributed by atoms with Gasteiger partial charge in [0.05, 0.1) is 11.6 Å². The molecular weight excluding hydrogens is 236 g/mol. The second kappa shape index (κ2) is 5.32. The zero-order valence-corrected chi connectivity index (χ0v) is 10.8. The molecule has 0 heterocycles. The first kappa shape index (κ1) is 14.4. The summed E-state index contributed by atoms with van der Waals surface area (Å²) in [5.41, 5.74) is 5.19. The van der Waals surface area contributed by atoms with Crippen molar-refractivity contribution in [2.75, 3.05) is 25.0 Å². The van der Waals surface area contributed by atoms with Crippen molar-refractivity contribution in [2.45, 2.75) is 13.8 Å². The number of hydrogen-bond acceptors (Lipinski definition) is 3. The molecule has 0 spiro atoms. The number of nitrogens with two attached hydrogens (primary N) is 1. The van der Waals surface area contributed by atoms with Gasteiger partial charge in [-0.1, -0.05) is 13.8 Å². The van der Waals surface area contributed by atoms with Gasteiger partial charge in [0.15, 0.2) is 11.6 Å². The van der Waals surface area contributed by atoms with Crippen molar-refractivity contribution in [3.8, 4) is 6.07 Å². The van der Waals surface area contributed by atoms with Crippen LogP contribution in [0, 0.1) is 28.4 Å². The quantitative estimate of drug-likeness (QED) is 0.895. The standard InChI is InChI=1S/C13H17F2N3/c1-13(2,7-17)8-18(3)12-10(14)4-9(6-16)5-11(12)15/h4-5H,7-8,17H2,1-3H3. The van der Waals surface area contributed by atoms with Crippen molar-refractivity contribution >= 4 is 5.69 Å². The maximum absolute atomic E-state index is 13.8. The Bertz CT molecular complexity index is 455. The number of anilines is 1. The molecule has 0 aromatic heterocycles. The fourth-order valence-electron chi connectivity index (χ4n) is 1.78. The van der Waals surface area contributed by atoms with E-state index in [0.717, 1.165) is 12.1 Å². The molecular formula is C13H17F2N3. The van der Waals surface area contributed by atoms with Crippen LogP contribution in [0.2, 0.25) is 0 Å². The van der Waals surface area contributed by atoms with Crippen LogP contribution in [0.5, 0.6) is 0 Å². The molecule has 1 aromatic carbocycles. The summed E-state index contributed by atoms with van der Waals surface area (Å²) in [6.45, 7) is 4.67. The van der Waals surface area contributed by atoms with Crippen molar-refractivity contribution in [1.82, 2.24) is 0 Å². The third-order valence-electron chi connectivity index (χ3n) is 2.75. The summed E-state index contributed by atoms with van der Waals surface area (Å²) in [5.74, 6) is -1.47. The SMILES string of the molecule is CN(CC(C)(C)CN)c1c(F)cc(C#N)cc1F. The molecule has 98 valence electrons. The Labute approximate surface area is 106 Å². The first-order valence-corrected chi connectivity index (χ1v) is 5.61. The zero-order chi connectivity index (χ0) is 13.9. The lowest BCUT2D eigenvalue weighted by Gasteiger charge is -2.30. The van der Waals surface area contributed by atoms with Gasteiger partial charge in [-0.05, 0) is 24.1 Å². The van der Waals surface area contributed by atoms with Crippen molar-refractivity contribution < 1.29 is 8.78 Å². The highest BCUT2D eigenvalue weighted by Gasteiger charge is 2.22. The number of rotatable bonds is 4. The molecule has 0 aliphatic rings. The van der Waals surface area contributed by atoms with Crippen LogP contribution in [0.1, 0.15) is 19.4 Å². The van der Waals surface area contributed by atoms with E-state index in [2.05, 4.69) is 0 Å². The Kier molecular flexibility index (Phi) is 4.25. The minimum Gasteiger partial charge on any atom is -0.369 e. The van der Waals surface area contributed by atoms with E-state index < -0.39 is 11.6 Å². The molecule has 18 heavy (non-hydrogen) atoms. The number of nitriles is 1. The van der Waals surface area contributed by atoms with Crippen LogP contribution in [-0.2, 0) is 0 Å². The molecule has 0 aliphatic heterocycles. The minimum absolute atomic E-state index is 0.0276. The molecule has 0 radical (unpaired) electrons. The van der Waals surface area contributed by atoms with Crippen LogP contribution in [-0.4, -0.2) is 20.1 Å². The molecule has 2 N–H and O–H groups in total. The van der Waals surface area contributed by atoms with E-state index in [0.29, 0.717) is 13.1 Å². The Hall–Kier alpha value is -1.67. The summed E-state index contributed by atoms with van der Waals surface area (Å²) in [6.07, 6.45) is 0. The highest BCUT2D eigenvalue weighted by molar-refractivity contribution is 5.52. The van der Waals surface area contributed by atoms with Crippen molar-refractivity contribution in [3.05, 3.63) is 29.3 Å². The summed E-state index contributed by atoms with van der Waals surface area (Å²) < 4.78 is 27.5. The molecule has 5 heteroatoms. The summed E-state index contributed by atoms with van der Waals surface area (Å²) in [6, 6.07) is 3.78. The third-order valence-corrected chi connectivity index (χ3v) is 2.75. The lowest BCUT2D eigenvalue weighted by atomic mass is 9.93. The van der Waals surface area contributed by atoms with Gasteiger partial charge >= 0.3 is 0 Å². The van der Waals surface area contributed by atoms with Crippen LogP contribution >= 0.6 is 0 Å². The predicted molar refractivity (Wildman–Crippen MR) is 67.2 cm³/mol. The van der Waals surface area contributed by atoms with Gasteiger partial charge in [-0.25, -0.2) is 8.78 Å². The van der Waals surface area contributed by atoms with Gasteiger partial charge in [-0.3, -0.25) is 0 Å². The maximum atomic E-state index is 13.8. The lowest BCUT2D eigenvalue weighted by molar-refractivity contribution is 0.381. The van der Waals surface area contributed by atoms with Gasteiger partial charge in [0.2, 0.25) is 0 Å². The van der Waals surface area contributed by atoms with Crippen LogP contribution < -0.4 is 10.6 Å². The van der Waals surface area contributed by atoms with Gasteiger partial charge in [-0.2, -0.15) is 5.26 Å². The van der Waals surface area contributed by atoms with E-state index in [1.165, 1.54) is 4.90 Å². The van der Waals surface area contributed by atoms with Gasteiger partial charge in [0, 0.05) is 13.6 Å². The normalized spacial score (nSPS) is 11.2. The minimum atomic E-state index is -0.734. The Morgan fingerprint density at radius 2 is 1.83 bits per heavy atom. The van der Waals surface area contributed by atoms with E-state index in [1.807, 2.05) is 13.8 Å². The van der Waals surface area contributed by atoms with Gasteiger partial charge in [-0.15, -0.1) is 0 Å². The first-order chi connectivity index (χ1) is 8.30. The van der Waals surface area contributed by atoms with Crippen molar-refractivity contribution in [1.29, 1.82) is 5.26 Å². The molecule has 0 amide bonds. The fourth-order valence-corrected chi connectivity index (χ4v) is 1.78. The summed E-state index contributed by atoms with van der Waals surface area (Å²) >= 11 is 0. The molecule has 3 nitrogen and oxygen atoms in total. The average molecular weight is 253 g/mol. The molecule has 1 aromatic rings. The molecule has 0 saturated heterocycles. The number of hydrogen-bond donors (Lipinski definition) is 1. The summed E-state index contributed by atoms with van der Waals surface area (Å²) in [7, 11) is 1.60. The van der Waals surface area contributed by atoms with Crippen LogP contribution in [0.15, 0.2) is 12.1 Å². The number of benzene rings is 1. The predicted octanol–water partition coefficient (Wildman–Crippen LogP) is 2.26. The molecule has 1 rings (SSSR count). The second-order valence-corrected chi connectivity index (χ2v) is 5.12. The van der Waals surface area contributed by atoms with Crippen molar-refractivity contribution in [2.24, 2.45) is 11.1 Å². The third kappa shape index (κ3) is 3.17. The topological polar surface area (TPSA) is 53.0 Å². The molecule has 0 unspecified atom stereocenters. The molecule has 0 aliphatic carbocycles. The summed E-state index contributed by atoms with van der Waals surface area (Å²) in [4.78, 5) is 1.48. The average Bonchev–Trinajstić information content (AvgIpc) is 2.27. The van der Waals surface area contributed by atoms with Gasteiger partial charge in [0.25, 0.3) is 0 Å². The van der Waals surface area contributed by atoms with Crippen LogP contribution in [0.25, 0.3) is 0 Å². The lowest BCUT2D eigenvalue weighted by Crippen LogP contribution is -2.37. The Morgan fingerprint density at radius 1 is 1.33 bits per heavy atom. The molecule has 0 fully saturated rings. The molecule has 0 saturated carbocycles. The van der Waals surface area contributed by atoms with Gasteiger partial charge < -0.3 is 10.6 Å². The second-order valence-electron chi connectivity index (χ2n) is 5.12. The molecule has 0 atom stereocenters. The highest BCUT2D eigenvalue weighted by atomic mass is 19.1. The van der Waals surface area contributed by atoms with Crippen molar-refractivity contribution in [3.63, 3.8) is 0 Å². The number of nitrogens with zero attached hydrogens (tertiary/aromatic N) is 2.